The van der Waals surface area contributed by atoms with E-state index in [0.717, 1.165) is 35.4 Å². The van der Waals surface area contributed by atoms with Gasteiger partial charge in [0.1, 0.15) is 0 Å². The van der Waals surface area contributed by atoms with Crippen LogP contribution in [0, 0.1) is 12.8 Å². The summed E-state index contributed by atoms with van der Waals surface area (Å²) < 4.78 is 0. The second kappa shape index (κ2) is 7.18. The van der Waals surface area contributed by atoms with E-state index in [1.165, 1.54) is 10.4 Å². The van der Waals surface area contributed by atoms with Crippen LogP contribution in [0.3, 0.4) is 0 Å². The van der Waals surface area contributed by atoms with E-state index in [2.05, 4.69) is 17.6 Å². The monoisotopic (exact) mass is 342 g/mol. The Kier molecular flexibility index (Phi) is 5.00. The first kappa shape index (κ1) is 16.7. The number of nitrogens with one attached hydrogen (secondary N) is 2. The van der Waals surface area contributed by atoms with Crippen LogP contribution < -0.4 is 10.6 Å². The number of rotatable bonds is 6. The van der Waals surface area contributed by atoms with Crippen LogP contribution in [0.4, 0.5) is 5.69 Å². The third-order valence-electron chi connectivity index (χ3n) is 4.16. The molecule has 3 rings (SSSR count). The summed E-state index contributed by atoms with van der Waals surface area (Å²) in [4.78, 5) is 26.1. The number of aryl methyl sites for hydroxylation is 2. The van der Waals surface area contributed by atoms with Crippen LogP contribution in [0.5, 0.6) is 0 Å². The largest absolute Gasteiger partial charge is 0.347 e. The highest BCUT2D eigenvalue weighted by atomic mass is 32.1. The first-order valence-corrected chi connectivity index (χ1v) is 9.15. The summed E-state index contributed by atoms with van der Waals surface area (Å²) >= 11 is 1.56. The van der Waals surface area contributed by atoms with Crippen molar-refractivity contribution in [2.75, 3.05) is 5.32 Å². The van der Waals surface area contributed by atoms with Crippen molar-refractivity contribution in [3.8, 4) is 0 Å². The van der Waals surface area contributed by atoms with Crippen molar-refractivity contribution < 1.29 is 9.59 Å². The molecule has 1 aromatic heterocycles. The number of carbonyl (C=O) groups excluding carboxylic acids is 2. The molecule has 2 amide bonds. The summed E-state index contributed by atoms with van der Waals surface area (Å²) in [5.41, 5.74) is 2.94. The van der Waals surface area contributed by atoms with Crippen molar-refractivity contribution in [2.24, 2.45) is 5.92 Å². The summed E-state index contributed by atoms with van der Waals surface area (Å²) in [7, 11) is 0. The number of anilines is 1. The van der Waals surface area contributed by atoms with Gasteiger partial charge in [-0.2, -0.15) is 0 Å². The van der Waals surface area contributed by atoms with E-state index in [9.17, 15) is 9.59 Å². The van der Waals surface area contributed by atoms with Crippen molar-refractivity contribution >= 4 is 28.8 Å². The van der Waals surface area contributed by atoms with Gasteiger partial charge in [-0.15, -0.1) is 11.3 Å². The van der Waals surface area contributed by atoms with Crippen molar-refractivity contribution in [2.45, 2.75) is 39.7 Å². The van der Waals surface area contributed by atoms with Crippen LogP contribution in [-0.2, 0) is 17.8 Å². The maximum Gasteiger partial charge on any atom is 0.261 e. The Morgan fingerprint density at radius 1 is 1.25 bits per heavy atom. The van der Waals surface area contributed by atoms with Gasteiger partial charge < -0.3 is 10.6 Å². The maximum atomic E-state index is 12.3. The lowest BCUT2D eigenvalue weighted by molar-refractivity contribution is -0.117. The molecule has 2 N–H and O–H groups in total. The summed E-state index contributed by atoms with van der Waals surface area (Å²) in [6.45, 7) is 4.59. The second-order valence-corrected chi connectivity index (χ2v) is 7.35. The van der Waals surface area contributed by atoms with Gasteiger partial charge in [0.2, 0.25) is 5.91 Å². The summed E-state index contributed by atoms with van der Waals surface area (Å²) in [6, 6.07) is 9.59. The third-order valence-corrected chi connectivity index (χ3v) is 5.54. The molecule has 2 aromatic rings. The minimum Gasteiger partial charge on any atom is -0.347 e. The molecular weight excluding hydrogens is 320 g/mol. The second-order valence-electron chi connectivity index (χ2n) is 6.22. The quantitative estimate of drug-likeness (QED) is 0.836. The zero-order valence-corrected chi connectivity index (χ0v) is 14.8. The lowest BCUT2D eigenvalue weighted by Gasteiger charge is -2.08. The predicted octanol–water partition coefficient (Wildman–Crippen LogP) is 3.90. The van der Waals surface area contributed by atoms with Crippen molar-refractivity contribution in [1.82, 2.24) is 5.32 Å². The number of thiophene rings is 1. The SMILES string of the molecule is CCc1sc(C(=O)NCc2cccc(NC(=O)C3CC3)c2)cc1C. The molecule has 0 radical (unpaired) electrons. The minimum absolute atomic E-state index is 0.0461. The number of hydrogen-bond donors (Lipinski definition) is 2. The van der Waals surface area contributed by atoms with Crippen molar-refractivity contribution in [3.05, 3.63) is 51.2 Å². The Balaban J connectivity index is 1.59. The van der Waals surface area contributed by atoms with E-state index < -0.39 is 0 Å². The van der Waals surface area contributed by atoms with Crippen molar-refractivity contribution in [3.63, 3.8) is 0 Å². The van der Waals surface area contributed by atoms with Gasteiger partial charge in [0.15, 0.2) is 0 Å². The highest BCUT2D eigenvalue weighted by Crippen LogP contribution is 2.30. The highest BCUT2D eigenvalue weighted by molar-refractivity contribution is 7.14. The van der Waals surface area contributed by atoms with E-state index in [0.29, 0.717) is 6.54 Å². The standard InChI is InChI=1S/C19H22N2O2S/c1-3-16-12(2)9-17(24-16)19(23)20-11-13-5-4-6-15(10-13)21-18(22)14-7-8-14/h4-6,9-10,14H,3,7-8,11H2,1-2H3,(H,20,23)(H,21,22). The summed E-state index contributed by atoms with van der Waals surface area (Å²) in [5, 5.41) is 5.89. The van der Waals surface area contributed by atoms with Gasteiger partial charge in [0, 0.05) is 23.0 Å². The smallest absolute Gasteiger partial charge is 0.261 e. The Morgan fingerprint density at radius 2 is 2.04 bits per heavy atom. The molecule has 0 unspecified atom stereocenters. The molecule has 1 fully saturated rings. The van der Waals surface area contributed by atoms with Crippen LogP contribution in [0.1, 0.15) is 45.4 Å². The topological polar surface area (TPSA) is 58.2 Å². The summed E-state index contributed by atoms with van der Waals surface area (Å²) in [6.07, 6.45) is 2.93. The fourth-order valence-corrected chi connectivity index (χ4v) is 3.63. The molecule has 0 saturated heterocycles. The van der Waals surface area contributed by atoms with Crippen LogP contribution in [0.25, 0.3) is 0 Å². The molecule has 1 heterocycles. The van der Waals surface area contributed by atoms with Gasteiger partial charge in [-0.05, 0) is 55.5 Å². The minimum atomic E-state index is -0.0461. The molecule has 1 aromatic carbocycles. The highest BCUT2D eigenvalue weighted by Gasteiger charge is 2.29. The van der Waals surface area contributed by atoms with Gasteiger partial charge in [-0.1, -0.05) is 19.1 Å². The Bertz CT molecular complexity index is 762. The van der Waals surface area contributed by atoms with Gasteiger partial charge in [-0.25, -0.2) is 0 Å². The maximum absolute atomic E-state index is 12.3. The zero-order chi connectivity index (χ0) is 17.1. The molecular formula is C19H22N2O2S. The van der Waals surface area contributed by atoms with E-state index >= 15 is 0 Å². The Hall–Kier alpha value is -2.14. The fourth-order valence-electron chi connectivity index (χ4n) is 2.60. The van der Waals surface area contributed by atoms with Gasteiger partial charge in [0.25, 0.3) is 5.91 Å². The van der Waals surface area contributed by atoms with Gasteiger partial charge >= 0.3 is 0 Å². The molecule has 24 heavy (non-hydrogen) atoms. The van der Waals surface area contributed by atoms with E-state index in [4.69, 9.17) is 0 Å². The fraction of sp³-hybridized carbons (Fsp3) is 0.368. The van der Waals surface area contributed by atoms with Crippen LogP contribution in [0.15, 0.2) is 30.3 Å². The average molecular weight is 342 g/mol. The molecule has 5 heteroatoms. The lowest BCUT2D eigenvalue weighted by Crippen LogP contribution is -2.22. The van der Waals surface area contributed by atoms with Gasteiger partial charge in [0.05, 0.1) is 4.88 Å². The number of amides is 2. The first-order valence-electron chi connectivity index (χ1n) is 8.34. The van der Waals surface area contributed by atoms with E-state index in [1.807, 2.05) is 37.3 Å². The zero-order valence-electron chi connectivity index (χ0n) is 14.0. The molecule has 0 bridgehead atoms. The predicted molar refractivity (Wildman–Crippen MR) is 97.4 cm³/mol. The molecule has 0 aliphatic heterocycles. The molecule has 1 saturated carbocycles. The number of benzene rings is 1. The lowest BCUT2D eigenvalue weighted by atomic mass is 10.2. The molecule has 0 atom stereocenters. The van der Waals surface area contributed by atoms with E-state index in [-0.39, 0.29) is 17.7 Å². The first-order chi connectivity index (χ1) is 11.6. The van der Waals surface area contributed by atoms with Crippen LogP contribution in [-0.4, -0.2) is 11.8 Å². The molecule has 1 aliphatic rings. The van der Waals surface area contributed by atoms with Crippen LogP contribution in [0.2, 0.25) is 0 Å². The third kappa shape index (κ3) is 4.03. The normalized spacial score (nSPS) is 13.6. The molecule has 0 spiro atoms. The van der Waals surface area contributed by atoms with Gasteiger partial charge in [-0.3, -0.25) is 9.59 Å². The molecule has 1 aliphatic carbocycles. The number of hydrogen-bond acceptors (Lipinski definition) is 3. The Labute approximate surface area is 146 Å². The summed E-state index contributed by atoms with van der Waals surface area (Å²) in [5.74, 6) is 0.232. The van der Waals surface area contributed by atoms with E-state index in [1.54, 1.807) is 11.3 Å². The van der Waals surface area contributed by atoms with Crippen molar-refractivity contribution in [1.29, 1.82) is 0 Å². The molecule has 126 valence electrons. The average Bonchev–Trinajstić information content (AvgIpc) is 3.36. The molecule has 4 nitrogen and oxygen atoms in total. The Morgan fingerprint density at radius 3 is 2.71 bits per heavy atom. The van der Waals surface area contributed by atoms with Crippen LogP contribution >= 0.6 is 11.3 Å². The number of carbonyl (C=O) groups is 2.